The molecule has 0 radical (unpaired) electrons. The molecule has 0 atom stereocenters. The number of rotatable bonds is 5. The highest BCUT2D eigenvalue weighted by Crippen LogP contribution is 2.13. The molecule has 2 rings (SSSR count). The van der Waals surface area contributed by atoms with E-state index in [1.54, 1.807) is 24.3 Å². The Morgan fingerprint density at radius 2 is 1.95 bits per heavy atom. The number of aromatic carboxylic acids is 1. The molecule has 0 fully saturated rings. The van der Waals surface area contributed by atoms with E-state index in [-0.39, 0.29) is 17.8 Å². The van der Waals surface area contributed by atoms with E-state index in [1.165, 1.54) is 24.6 Å². The molecule has 0 spiro atoms. The second-order valence-corrected chi connectivity index (χ2v) is 3.77. The minimum atomic E-state index is -0.983. The highest BCUT2D eigenvalue weighted by molar-refractivity contribution is 6.02. The van der Waals surface area contributed by atoms with Crippen LogP contribution in [0, 0.1) is 0 Å². The summed E-state index contributed by atoms with van der Waals surface area (Å²) in [5, 5.41) is 8.74. The van der Waals surface area contributed by atoms with Crippen molar-refractivity contribution in [1.29, 1.82) is 0 Å². The molecule has 0 unspecified atom stereocenters. The van der Waals surface area contributed by atoms with Crippen LogP contribution < -0.4 is 0 Å². The van der Waals surface area contributed by atoms with Gasteiger partial charge in [-0.2, -0.15) is 0 Å². The molecule has 0 aliphatic carbocycles. The Bertz CT molecular complexity index is 597. The standard InChI is InChI=1S/C14H11NO4/c16-12(13-2-1-9-19-13)7-8-15-11-5-3-10(4-6-11)14(17)18/h1-6,8-9H,7H2,(H,17,18). The summed E-state index contributed by atoms with van der Waals surface area (Å²) in [6.07, 6.45) is 3.05. The van der Waals surface area contributed by atoms with Crippen LogP contribution in [0.25, 0.3) is 0 Å². The number of nitrogens with zero attached hydrogens (tertiary/aromatic N) is 1. The van der Waals surface area contributed by atoms with Crippen LogP contribution in [-0.4, -0.2) is 23.1 Å². The Kier molecular flexibility index (Phi) is 3.87. The third kappa shape index (κ3) is 3.38. The fourth-order valence-electron chi connectivity index (χ4n) is 1.46. The quantitative estimate of drug-likeness (QED) is 0.659. The predicted octanol–water partition coefficient (Wildman–Crippen LogP) is 2.95. The summed E-state index contributed by atoms with van der Waals surface area (Å²) in [6, 6.07) is 9.33. The van der Waals surface area contributed by atoms with Crippen LogP contribution in [0.3, 0.4) is 0 Å². The SMILES string of the molecule is O=C(O)c1ccc(N=CCC(=O)c2ccco2)cc1. The van der Waals surface area contributed by atoms with Crippen LogP contribution >= 0.6 is 0 Å². The van der Waals surface area contributed by atoms with E-state index < -0.39 is 5.97 Å². The number of benzene rings is 1. The number of hydrogen-bond acceptors (Lipinski definition) is 4. The first-order valence-electron chi connectivity index (χ1n) is 5.59. The monoisotopic (exact) mass is 257 g/mol. The summed E-state index contributed by atoms with van der Waals surface area (Å²) in [5.74, 6) is -0.841. The lowest BCUT2D eigenvalue weighted by Crippen LogP contribution is -1.97. The molecule has 5 nitrogen and oxygen atoms in total. The second kappa shape index (κ2) is 5.77. The molecule has 96 valence electrons. The average Bonchev–Trinajstić information content (AvgIpc) is 2.93. The van der Waals surface area contributed by atoms with E-state index in [9.17, 15) is 9.59 Å². The van der Waals surface area contributed by atoms with Crippen molar-refractivity contribution in [2.75, 3.05) is 0 Å². The number of carboxylic acid groups (broad SMARTS) is 1. The fraction of sp³-hybridized carbons (Fsp3) is 0.0714. The first-order chi connectivity index (χ1) is 9.16. The van der Waals surface area contributed by atoms with E-state index >= 15 is 0 Å². The minimum absolute atomic E-state index is 0.133. The van der Waals surface area contributed by atoms with Gasteiger partial charge in [-0.25, -0.2) is 4.79 Å². The molecule has 0 amide bonds. The molecule has 0 bridgehead atoms. The number of aliphatic imine (C=N–C) groups is 1. The number of hydrogen-bond donors (Lipinski definition) is 1. The van der Waals surface area contributed by atoms with Crippen molar-refractivity contribution in [3.63, 3.8) is 0 Å². The molecule has 5 heteroatoms. The maximum Gasteiger partial charge on any atom is 0.335 e. The van der Waals surface area contributed by atoms with E-state index in [0.29, 0.717) is 11.4 Å². The lowest BCUT2D eigenvalue weighted by Gasteiger charge is -1.95. The van der Waals surface area contributed by atoms with Crippen LogP contribution in [0.5, 0.6) is 0 Å². The molecular weight excluding hydrogens is 246 g/mol. The van der Waals surface area contributed by atoms with Crippen molar-refractivity contribution >= 4 is 23.7 Å². The van der Waals surface area contributed by atoms with Crippen LogP contribution in [0.1, 0.15) is 27.3 Å². The van der Waals surface area contributed by atoms with Gasteiger partial charge in [0, 0.05) is 12.6 Å². The van der Waals surface area contributed by atoms with E-state index in [4.69, 9.17) is 9.52 Å². The first kappa shape index (κ1) is 12.8. The van der Waals surface area contributed by atoms with Gasteiger partial charge in [0.2, 0.25) is 5.78 Å². The first-order valence-corrected chi connectivity index (χ1v) is 5.59. The summed E-state index contributed by atoms with van der Waals surface area (Å²) >= 11 is 0. The Morgan fingerprint density at radius 1 is 1.21 bits per heavy atom. The molecule has 0 saturated heterocycles. The number of ketones is 1. The Labute approximate surface area is 109 Å². The van der Waals surface area contributed by atoms with Gasteiger partial charge >= 0.3 is 5.97 Å². The maximum absolute atomic E-state index is 11.6. The summed E-state index contributed by atoms with van der Waals surface area (Å²) < 4.78 is 4.96. The Hall–Kier alpha value is -2.69. The average molecular weight is 257 g/mol. The van der Waals surface area contributed by atoms with Crippen molar-refractivity contribution in [2.45, 2.75) is 6.42 Å². The molecule has 1 heterocycles. The largest absolute Gasteiger partial charge is 0.478 e. The zero-order valence-electron chi connectivity index (χ0n) is 9.95. The van der Waals surface area contributed by atoms with Gasteiger partial charge in [-0.1, -0.05) is 0 Å². The normalized spacial score (nSPS) is 10.7. The number of carbonyl (C=O) groups is 2. The van der Waals surface area contributed by atoms with Gasteiger partial charge in [0.05, 0.1) is 17.5 Å². The zero-order valence-corrected chi connectivity index (χ0v) is 9.95. The summed E-state index contributed by atoms with van der Waals surface area (Å²) in [4.78, 5) is 26.3. The van der Waals surface area contributed by atoms with E-state index in [2.05, 4.69) is 4.99 Å². The summed E-state index contributed by atoms with van der Waals surface area (Å²) in [5.41, 5.74) is 0.794. The lowest BCUT2D eigenvalue weighted by atomic mass is 10.2. The fourth-order valence-corrected chi connectivity index (χ4v) is 1.46. The zero-order chi connectivity index (χ0) is 13.7. The third-order valence-electron chi connectivity index (χ3n) is 2.43. The van der Waals surface area contributed by atoms with Crippen molar-refractivity contribution in [1.82, 2.24) is 0 Å². The Balaban J connectivity index is 1.95. The number of Topliss-reactive ketones (excluding diaryl/α,β-unsaturated/α-hetero) is 1. The van der Waals surface area contributed by atoms with Crippen LogP contribution in [0.15, 0.2) is 52.1 Å². The molecule has 2 aromatic rings. The third-order valence-corrected chi connectivity index (χ3v) is 2.43. The highest BCUT2D eigenvalue weighted by atomic mass is 16.4. The molecule has 0 aliphatic rings. The number of carbonyl (C=O) groups excluding carboxylic acids is 1. The topological polar surface area (TPSA) is 79.9 Å². The smallest absolute Gasteiger partial charge is 0.335 e. The minimum Gasteiger partial charge on any atom is -0.478 e. The number of carboxylic acids is 1. The van der Waals surface area contributed by atoms with Gasteiger partial charge in [0.25, 0.3) is 0 Å². The van der Waals surface area contributed by atoms with Gasteiger partial charge in [-0.05, 0) is 36.4 Å². The van der Waals surface area contributed by atoms with Gasteiger partial charge in [-0.15, -0.1) is 0 Å². The van der Waals surface area contributed by atoms with Crippen molar-refractivity contribution in [3.8, 4) is 0 Å². The van der Waals surface area contributed by atoms with Crippen molar-refractivity contribution in [3.05, 3.63) is 54.0 Å². The van der Waals surface area contributed by atoms with Crippen LogP contribution in [0.4, 0.5) is 5.69 Å². The molecule has 1 aromatic heterocycles. The molecule has 1 N–H and O–H groups in total. The molecular formula is C14H11NO4. The van der Waals surface area contributed by atoms with Crippen molar-refractivity contribution in [2.24, 2.45) is 4.99 Å². The lowest BCUT2D eigenvalue weighted by molar-refractivity contribution is 0.0696. The number of furan rings is 1. The van der Waals surface area contributed by atoms with Gasteiger partial charge < -0.3 is 9.52 Å². The molecule has 1 aromatic carbocycles. The molecule has 0 saturated carbocycles. The summed E-state index contributed by atoms with van der Waals surface area (Å²) in [7, 11) is 0. The molecule has 0 aliphatic heterocycles. The molecule has 19 heavy (non-hydrogen) atoms. The maximum atomic E-state index is 11.6. The summed E-state index contributed by atoms with van der Waals surface area (Å²) in [6.45, 7) is 0. The van der Waals surface area contributed by atoms with Gasteiger partial charge in [-0.3, -0.25) is 9.79 Å². The van der Waals surface area contributed by atoms with Crippen LogP contribution in [-0.2, 0) is 0 Å². The van der Waals surface area contributed by atoms with Crippen molar-refractivity contribution < 1.29 is 19.1 Å². The van der Waals surface area contributed by atoms with Crippen LogP contribution in [0.2, 0.25) is 0 Å². The van der Waals surface area contributed by atoms with E-state index in [1.807, 2.05) is 0 Å². The van der Waals surface area contributed by atoms with E-state index in [0.717, 1.165) is 0 Å². The second-order valence-electron chi connectivity index (χ2n) is 3.77. The van der Waals surface area contributed by atoms with Gasteiger partial charge in [0.15, 0.2) is 5.76 Å². The highest BCUT2D eigenvalue weighted by Gasteiger charge is 2.06. The predicted molar refractivity (Wildman–Crippen MR) is 69.2 cm³/mol. The van der Waals surface area contributed by atoms with Gasteiger partial charge in [0.1, 0.15) is 0 Å². The Morgan fingerprint density at radius 3 is 2.53 bits per heavy atom.